The molecule has 2 unspecified atom stereocenters. The molecule has 0 bridgehead atoms. The smallest absolute Gasteiger partial charge is 0.235 e. The van der Waals surface area contributed by atoms with Gasteiger partial charge in [-0.2, -0.15) is 4.68 Å². The van der Waals surface area contributed by atoms with Crippen molar-refractivity contribution >= 4 is 15.7 Å². The summed E-state index contributed by atoms with van der Waals surface area (Å²) in [6, 6.07) is 9.09. The average molecular weight is 377 g/mol. The molecule has 8 nitrogen and oxygen atoms in total. The number of tetrazole rings is 1. The first-order valence-electron chi connectivity index (χ1n) is 8.77. The highest BCUT2D eigenvalue weighted by Gasteiger charge is 2.26. The van der Waals surface area contributed by atoms with Crippen molar-refractivity contribution in [3.05, 3.63) is 36.2 Å². The topological polar surface area (TPSA) is 107 Å². The maximum absolute atomic E-state index is 12.4. The lowest BCUT2D eigenvalue weighted by Crippen LogP contribution is -2.43. The lowest BCUT2D eigenvalue weighted by molar-refractivity contribution is -0.119. The average Bonchev–Trinajstić information content (AvgIpc) is 3.04. The molecule has 9 heteroatoms. The van der Waals surface area contributed by atoms with Crippen LogP contribution in [0, 0.1) is 5.92 Å². The third kappa shape index (κ3) is 4.66. The molecule has 1 saturated carbocycles. The zero-order chi connectivity index (χ0) is 18.6. The summed E-state index contributed by atoms with van der Waals surface area (Å²) in [4.78, 5) is 12.2. The van der Waals surface area contributed by atoms with Gasteiger partial charge in [0.1, 0.15) is 11.5 Å². The zero-order valence-corrected chi connectivity index (χ0v) is 15.5. The molecule has 0 spiro atoms. The molecule has 1 aliphatic rings. The van der Waals surface area contributed by atoms with Crippen LogP contribution in [0.1, 0.15) is 38.4 Å². The summed E-state index contributed by atoms with van der Waals surface area (Å²) in [6.07, 6.45) is 4.19. The summed E-state index contributed by atoms with van der Waals surface area (Å²) in [5.41, 5.74) is 0.670. The van der Waals surface area contributed by atoms with E-state index in [1.165, 1.54) is 4.68 Å². The Balaban J connectivity index is 1.64. The summed E-state index contributed by atoms with van der Waals surface area (Å²) < 4.78 is 26.3. The second kappa shape index (κ2) is 7.94. The SMILES string of the molecule is CC1CCCCC1NC(=O)CS(=O)(=O)Cc1nnnn1-c1ccccc1. The van der Waals surface area contributed by atoms with Crippen molar-refractivity contribution in [2.24, 2.45) is 5.92 Å². The van der Waals surface area contributed by atoms with Crippen LogP contribution >= 0.6 is 0 Å². The highest BCUT2D eigenvalue weighted by molar-refractivity contribution is 7.91. The molecule has 2 aromatic rings. The molecule has 2 atom stereocenters. The Labute approximate surface area is 152 Å². The van der Waals surface area contributed by atoms with Gasteiger partial charge in [-0.05, 0) is 41.3 Å². The Hall–Kier alpha value is -2.29. The van der Waals surface area contributed by atoms with Crippen LogP contribution in [0.2, 0.25) is 0 Å². The number of nitrogens with zero attached hydrogens (tertiary/aromatic N) is 4. The van der Waals surface area contributed by atoms with Gasteiger partial charge in [0.05, 0.1) is 5.69 Å². The van der Waals surface area contributed by atoms with Gasteiger partial charge in [0.25, 0.3) is 0 Å². The summed E-state index contributed by atoms with van der Waals surface area (Å²) in [7, 11) is -3.68. The number of hydrogen-bond acceptors (Lipinski definition) is 6. The van der Waals surface area contributed by atoms with Crippen molar-refractivity contribution in [3.8, 4) is 5.69 Å². The third-order valence-corrected chi connectivity index (χ3v) is 6.09. The van der Waals surface area contributed by atoms with Crippen LogP contribution in [0.5, 0.6) is 0 Å². The molecule has 0 aliphatic heterocycles. The van der Waals surface area contributed by atoms with E-state index in [1.54, 1.807) is 12.1 Å². The van der Waals surface area contributed by atoms with Gasteiger partial charge in [0.2, 0.25) is 5.91 Å². The number of carbonyl (C=O) groups excluding carboxylic acids is 1. The Morgan fingerprint density at radius 3 is 2.69 bits per heavy atom. The number of rotatable bonds is 6. The molecule has 140 valence electrons. The highest BCUT2D eigenvalue weighted by atomic mass is 32.2. The van der Waals surface area contributed by atoms with Crippen molar-refractivity contribution < 1.29 is 13.2 Å². The summed E-state index contributed by atoms with van der Waals surface area (Å²) in [5.74, 6) is -0.835. The fraction of sp³-hybridized carbons (Fsp3) is 0.529. The Morgan fingerprint density at radius 2 is 1.96 bits per heavy atom. The van der Waals surface area contributed by atoms with E-state index in [9.17, 15) is 13.2 Å². The van der Waals surface area contributed by atoms with Gasteiger partial charge in [0.15, 0.2) is 15.7 Å². The van der Waals surface area contributed by atoms with Crippen LogP contribution in [0.25, 0.3) is 5.69 Å². The Morgan fingerprint density at radius 1 is 1.23 bits per heavy atom. The fourth-order valence-electron chi connectivity index (χ4n) is 3.29. The maximum Gasteiger partial charge on any atom is 0.235 e. The predicted octanol–water partition coefficient (Wildman–Crippen LogP) is 1.27. The number of aromatic nitrogens is 4. The van der Waals surface area contributed by atoms with Crippen molar-refractivity contribution in [3.63, 3.8) is 0 Å². The van der Waals surface area contributed by atoms with Gasteiger partial charge >= 0.3 is 0 Å². The normalized spacial score (nSPS) is 20.7. The molecule has 1 aromatic carbocycles. The fourth-order valence-corrected chi connectivity index (χ4v) is 4.45. The van der Waals surface area contributed by atoms with Crippen LogP contribution in [0.4, 0.5) is 0 Å². The van der Waals surface area contributed by atoms with Crippen LogP contribution in [0.15, 0.2) is 30.3 Å². The number of hydrogen-bond donors (Lipinski definition) is 1. The molecule has 1 heterocycles. The Bertz CT molecular complexity index is 850. The monoisotopic (exact) mass is 377 g/mol. The lowest BCUT2D eigenvalue weighted by Gasteiger charge is -2.29. The minimum atomic E-state index is -3.68. The molecule has 0 saturated heterocycles. The largest absolute Gasteiger partial charge is 0.352 e. The zero-order valence-electron chi connectivity index (χ0n) is 14.7. The van der Waals surface area contributed by atoms with E-state index >= 15 is 0 Å². The summed E-state index contributed by atoms with van der Waals surface area (Å²) >= 11 is 0. The number of sulfone groups is 1. The molecule has 0 radical (unpaired) electrons. The van der Waals surface area contributed by atoms with Gasteiger partial charge in [-0.25, -0.2) is 8.42 Å². The lowest BCUT2D eigenvalue weighted by atomic mass is 9.86. The minimum Gasteiger partial charge on any atom is -0.352 e. The molecule has 1 aliphatic carbocycles. The van der Waals surface area contributed by atoms with E-state index in [-0.39, 0.29) is 17.6 Å². The first-order chi connectivity index (χ1) is 12.4. The van der Waals surface area contributed by atoms with Gasteiger partial charge in [-0.15, -0.1) is 5.10 Å². The molecular weight excluding hydrogens is 354 g/mol. The van der Waals surface area contributed by atoms with Crippen molar-refractivity contribution in [2.45, 2.75) is 44.4 Å². The molecular formula is C17H23N5O3S. The first-order valence-corrected chi connectivity index (χ1v) is 10.6. The van der Waals surface area contributed by atoms with Crippen LogP contribution < -0.4 is 5.32 Å². The standard InChI is InChI=1S/C17H23N5O3S/c1-13-7-5-6-10-15(13)18-17(23)12-26(24,25)11-16-19-20-21-22(16)14-8-3-2-4-9-14/h2-4,8-9,13,15H,5-7,10-12H2,1H3,(H,18,23). The minimum absolute atomic E-state index is 0.0566. The summed E-state index contributed by atoms with van der Waals surface area (Å²) in [5, 5.41) is 14.1. The molecule has 1 aromatic heterocycles. The van der Waals surface area contributed by atoms with Crippen molar-refractivity contribution in [1.82, 2.24) is 25.5 Å². The van der Waals surface area contributed by atoms with Gasteiger partial charge in [-0.3, -0.25) is 4.79 Å². The number of amides is 1. The van der Waals surface area contributed by atoms with Crippen LogP contribution in [-0.4, -0.2) is 46.3 Å². The summed E-state index contributed by atoms with van der Waals surface area (Å²) in [6.45, 7) is 2.09. The third-order valence-electron chi connectivity index (χ3n) is 4.69. The number of carbonyl (C=O) groups is 1. The van der Waals surface area contributed by atoms with Gasteiger partial charge < -0.3 is 5.32 Å². The molecule has 1 fully saturated rings. The van der Waals surface area contributed by atoms with Gasteiger partial charge in [0, 0.05) is 6.04 Å². The number of para-hydroxylation sites is 1. The molecule has 1 amide bonds. The highest BCUT2D eigenvalue weighted by Crippen LogP contribution is 2.23. The number of nitrogens with one attached hydrogen (secondary N) is 1. The second-order valence-electron chi connectivity index (χ2n) is 6.81. The molecule has 1 N–H and O–H groups in total. The van der Waals surface area contributed by atoms with Crippen molar-refractivity contribution in [1.29, 1.82) is 0 Å². The second-order valence-corrected chi connectivity index (χ2v) is 8.87. The van der Waals surface area contributed by atoms with E-state index in [0.29, 0.717) is 11.6 Å². The van der Waals surface area contributed by atoms with E-state index in [4.69, 9.17) is 0 Å². The quantitative estimate of drug-likeness (QED) is 0.812. The first kappa shape index (κ1) is 18.5. The van der Waals surface area contributed by atoms with Crippen LogP contribution in [-0.2, 0) is 20.4 Å². The van der Waals surface area contributed by atoms with Crippen molar-refractivity contribution in [2.75, 3.05) is 5.75 Å². The predicted molar refractivity (Wildman–Crippen MR) is 96.2 cm³/mol. The van der Waals surface area contributed by atoms with E-state index < -0.39 is 21.5 Å². The maximum atomic E-state index is 12.4. The molecule has 3 rings (SSSR count). The molecule has 26 heavy (non-hydrogen) atoms. The Kier molecular flexibility index (Phi) is 5.65. The number of benzene rings is 1. The van der Waals surface area contributed by atoms with Gasteiger partial charge in [-0.1, -0.05) is 38.0 Å². The van der Waals surface area contributed by atoms with Crippen LogP contribution in [0.3, 0.4) is 0 Å². The van der Waals surface area contributed by atoms with E-state index in [0.717, 1.165) is 25.7 Å². The van der Waals surface area contributed by atoms with E-state index in [2.05, 4.69) is 27.8 Å². The van der Waals surface area contributed by atoms with E-state index in [1.807, 2.05) is 18.2 Å².